The third-order valence-corrected chi connectivity index (χ3v) is 7.43. The van der Waals surface area contributed by atoms with Crippen LogP contribution in [0.2, 0.25) is 0 Å². The van der Waals surface area contributed by atoms with Crippen LogP contribution in [0.3, 0.4) is 0 Å². The fraction of sp³-hybridized carbons (Fsp3) is 0.130. The van der Waals surface area contributed by atoms with Crippen molar-refractivity contribution in [2.75, 3.05) is 13.4 Å². The number of halogens is 1. The summed E-state index contributed by atoms with van der Waals surface area (Å²) in [6.45, 7) is 2.25. The second kappa shape index (κ2) is 9.72. The van der Waals surface area contributed by atoms with E-state index in [2.05, 4.69) is 15.9 Å². The quantitative estimate of drug-likeness (QED) is 0.156. The zero-order valence-corrected chi connectivity index (χ0v) is 19.6. The van der Waals surface area contributed by atoms with E-state index in [9.17, 15) is 9.59 Å². The standard InChI is InChI=1S/C23H17BrO5S2/c1-2-27-23(26)15-6-8-20(16(24)10-15)31-22(21-4-3-9-30-21)12-17(25)14-5-7-18-19(11-14)29-13-28-18/h3-12H,2,13H2,1H3/b22-12-. The zero-order valence-electron chi connectivity index (χ0n) is 16.4. The van der Waals surface area contributed by atoms with Crippen LogP contribution in [-0.2, 0) is 4.74 Å². The third-order valence-electron chi connectivity index (χ3n) is 4.35. The Bertz CT molecular complexity index is 1150. The van der Waals surface area contributed by atoms with E-state index in [1.807, 2.05) is 23.6 Å². The summed E-state index contributed by atoms with van der Waals surface area (Å²) >= 11 is 6.54. The van der Waals surface area contributed by atoms with Crippen molar-refractivity contribution in [2.24, 2.45) is 0 Å². The second-order valence-electron chi connectivity index (χ2n) is 6.39. The number of thiophene rings is 1. The van der Waals surface area contributed by atoms with Crippen LogP contribution < -0.4 is 9.47 Å². The van der Waals surface area contributed by atoms with Gasteiger partial charge in [-0.25, -0.2) is 4.79 Å². The van der Waals surface area contributed by atoms with E-state index >= 15 is 0 Å². The number of hydrogen-bond acceptors (Lipinski definition) is 7. The molecule has 0 bridgehead atoms. The van der Waals surface area contributed by atoms with Gasteiger partial charge in [0.15, 0.2) is 17.3 Å². The molecule has 0 atom stereocenters. The lowest BCUT2D eigenvalue weighted by molar-refractivity contribution is 0.0526. The van der Waals surface area contributed by atoms with Crippen LogP contribution in [0.4, 0.5) is 0 Å². The molecule has 31 heavy (non-hydrogen) atoms. The Morgan fingerprint density at radius 3 is 2.68 bits per heavy atom. The number of fused-ring (bicyclic) bond motifs is 1. The monoisotopic (exact) mass is 516 g/mol. The molecule has 0 N–H and O–H groups in total. The van der Waals surface area contributed by atoms with Crippen LogP contribution in [0, 0.1) is 0 Å². The molecular weight excluding hydrogens is 500 g/mol. The summed E-state index contributed by atoms with van der Waals surface area (Å²) < 4.78 is 16.5. The first-order valence-corrected chi connectivity index (χ1v) is 11.9. The van der Waals surface area contributed by atoms with Crippen molar-refractivity contribution in [3.05, 3.63) is 80.5 Å². The lowest BCUT2D eigenvalue weighted by atomic mass is 10.1. The Morgan fingerprint density at radius 1 is 1.13 bits per heavy atom. The average molecular weight is 517 g/mol. The summed E-state index contributed by atoms with van der Waals surface area (Å²) in [6.07, 6.45) is 1.62. The molecular formula is C23H17BrO5S2. The number of allylic oxidation sites excluding steroid dienone is 1. The highest BCUT2D eigenvalue weighted by Gasteiger charge is 2.17. The first kappa shape index (κ1) is 21.7. The van der Waals surface area contributed by atoms with Crippen molar-refractivity contribution >= 4 is 55.7 Å². The molecule has 2 heterocycles. The van der Waals surface area contributed by atoms with Gasteiger partial charge in [0.2, 0.25) is 6.79 Å². The number of ether oxygens (including phenoxy) is 3. The normalized spacial score (nSPS) is 12.6. The number of carbonyl (C=O) groups excluding carboxylic acids is 2. The van der Waals surface area contributed by atoms with E-state index < -0.39 is 0 Å². The molecule has 1 aliphatic heterocycles. The molecule has 0 saturated heterocycles. The molecule has 2 aromatic carbocycles. The highest BCUT2D eigenvalue weighted by atomic mass is 79.9. The number of rotatable bonds is 7. The fourth-order valence-electron chi connectivity index (χ4n) is 2.87. The predicted octanol–water partition coefficient (Wildman–Crippen LogP) is 6.43. The average Bonchev–Trinajstić information content (AvgIpc) is 3.46. The molecule has 0 amide bonds. The SMILES string of the molecule is CCOC(=O)c1ccc(S/C(=C\C(=O)c2ccc3c(c2)OCO3)c2cccs2)c(Br)c1. The van der Waals surface area contributed by atoms with Gasteiger partial charge in [-0.1, -0.05) is 17.8 Å². The summed E-state index contributed by atoms with van der Waals surface area (Å²) in [6, 6.07) is 14.4. The van der Waals surface area contributed by atoms with Crippen LogP contribution in [0.5, 0.6) is 11.5 Å². The number of esters is 1. The van der Waals surface area contributed by atoms with Gasteiger partial charge in [-0.05, 0) is 70.7 Å². The minimum Gasteiger partial charge on any atom is -0.462 e. The van der Waals surface area contributed by atoms with Crippen molar-refractivity contribution < 1.29 is 23.8 Å². The molecule has 1 aliphatic rings. The Labute approximate surface area is 196 Å². The lowest BCUT2D eigenvalue weighted by Crippen LogP contribution is -2.04. The van der Waals surface area contributed by atoms with Gasteiger partial charge in [0.1, 0.15) is 0 Å². The topological polar surface area (TPSA) is 61.8 Å². The van der Waals surface area contributed by atoms with Crippen LogP contribution in [0.25, 0.3) is 4.91 Å². The van der Waals surface area contributed by atoms with E-state index in [4.69, 9.17) is 14.2 Å². The summed E-state index contributed by atoms with van der Waals surface area (Å²) in [7, 11) is 0. The molecule has 0 aliphatic carbocycles. The minimum atomic E-state index is -0.369. The van der Waals surface area contributed by atoms with Crippen molar-refractivity contribution in [2.45, 2.75) is 11.8 Å². The van der Waals surface area contributed by atoms with Crippen molar-refractivity contribution in [1.82, 2.24) is 0 Å². The number of hydrogen-bond donors (Lipinski definition) is 0. The second-order valence-corrected chi connectivity index (χ2v) is 9.27. The van der Waals surface area contributed by atoms with Crippen LogP contribution in [-0.4, -0.2) is 25.2 Å². The van der Waals surface area contributed by atoms with Gasteiger partial charge in [0, 0.05) is 30.8 Å². The molecule has 4 rings (SSSR count). The molecule has 5 nitrogen and oxygen atoms in total. The van der Waals surface area contributed by atoms with Gasteiger partial charge in [0.05, 0.1) is 12.2 Å². The number of carbonyl (C=O) groups is 2. The highest BCUT2D eigenvalue weighted by Crippen LogP contribution is 2.41. The van der Waals surface area contributed by atoms with Gasteiger partial charge in [-0.2, -0.15) is 0 Å². The van der Waals surface area contributed by atoms with Crippen molar-refractivity contribution in [3.8, 4) is 11.5 Å². The number of ketones is 1. The smallest absolute Gasteiger partial charge is 0.338 e. The number of benzene rings is 2. The van der Waals surface area contributed by atoms with Crippen molar-refractivity contribution in [1.29, 1.82) is 0 Å². The predicted molar refractivity (Wildman–Crippen MR) is 125 cm³/mol. The maximum absolute atomic E-state index is 13.0. The summed E-state index contributed by atoms with van der Waals surface area (Å²) in [5, 5.41) is 1.97. The van der Waals surface area contributed by atoms with E-state index in [1.54, 1.807) is 54.7 Å². The molecule has 8 heteroatoms. The molecule has 0 saturated carbocycles. The molecule has 3 aromatic rings. The molecule has 0 radical (unpaired) electrons. The lowest BCUT2D eigenvalue weighted by Gasteiger charge is -2.09. The fourth-order valence-corrected chi connectivity index (χ4v) is 5.26. The molecule has 0 unspecified atom stereocenters. The molecule has 0 fully saturated rings. The van der Waals surface area contributed by atoms with Crippen LogP contribution in [0.15, 0.2) is 69.4 Å². The van der Waals surface area contributed by atoms with Gasteiger partial charge in [-0.3, -0.25) is 4.79 Å². The third kappa shape index (κ3) is 5.03. The van der Waals surface area contributed by atoms with Crippen LogP contribution >= 0.6 is 39.0 Å². The largest absolute Gasteiger partial charge is 0.462 e. The van der Waals surface area contributed by atoms with E-state index in [-0.39, 0.29) is 18.5 Å². The van der Waals surface area contributed by atoms with E-state index in [0.29, 0.717) is 29.2 Å². The van der Waals surface area contributed by atoms with Crippen molar-refractivity contribution in [3.63, 3.8) is 0 Å². The Hall–Kier alpha value is -2.55. The van der Waals surface area contributed by atoms with Gasteiger partial charge < -0.3 is 14.2 Å². The van der Waals surface area contributed by atoms with Gasteiger partial charge >= 0.3 is 5.97 Å². The molecule has 0 spiro atoms. The summed E-state index contributed by atoms with van der Waals surface area (Å²) in [5.74, 6) is 0.709. The van der Waals surface area contributed by atoms with E-state index in [0.717, 1.165) is 19.2 Å². The molecule has 1 aromatic heterocycles. The zero-order chi connectivity index (χ0) is 21.8. The first-order chi connectivity index (χ1) is 15.0. The minimum absolute atomic E-state index is 0.131. The van der Waals surface area contributed by atoms with E-state index in [1.165, 1.54) is 11.8 Å². The van der Waals surface area contributed by atoms with Gasteiger partial charge in [0.25, 0.3) is 0 Å². The summed E-state index contributed by atoms with van der Waals surface area (Å²) in [5.41, 5.74) is 0.992. The maximum atomic E-state index is 13.0. The highest BCUT2D eigenvalue weighted by molar-refractivity contribution is 9.10. The Morgan fingerprint density at radius 2 is 1.94 bits per heavy atom. The number of thioether (sulfide) groups is 1. The molecule has 158 valence electrons. The van der Waals surface area contributed by atoms with Gasteiger partial charge in [-0.15, -0.1) is 11.3 Å². The first-order valence-electron chi connectivity index (χ1n) is 9.39. The van der Waals surface area contributed by atoms with Crippen LogP contribution in [0.1, 0.15) is 32.5 Å². The maximum Gasteiger partial charge on any atom is 0.338 e. The Kier molecular flexibility index (Phi) is 6.80. The summed E-state index contributed by atoms with van der Waals surface area (Å²) in [4.78, 5) is 27.6. The Balaban J connectivity index is 1.62.